The third-order valence-corrected chi connectivity index (χ3v) is 17.3. The summed E-state index contributed by atoms with van der Waals surface area (Å²) in [4.78, 5) is 0. The van der Waals surface area contributed by atoms with E-state index in [2.05, 4.69) is 308 Å². The van der Waals surface area contributed by atoms with Crippen LogP contribution in [0.4, 0.5) is 0 Å². The summed E-state index contributed by atoms with van der Waals surface area (Å²) < 4.78 is 10.1. The zero-order valence-corrected chi connectivity index (χ0v) is 48.4. The van der Waals surface area contributed by atoms with Gasteiger partial charge in [-0.15, -0.1) is 0 Å². The molecule has 4 heteroatoms. The maximum absolute atomic E-state index is 2.54. The number of para-hydroxylation sites is 4. The van der Waals surface area contributed by atoms with Gasteiger partial charge in [0.25, 0.3) is 0 Å². The molecule has 394 valence electrons. The highest BCUT2D eigenvalue weighted by Crippen LogP contribution is 2.44. The van der Waals surface area contributed by atoms with Crippen molar-refractivity contribution in [2.75, 3.05) is 0 Å². The van der Waals surface area contributed by atoms with Crippen LogP contribution in [0.5, 0.6) is 0 Å². The zero-order chi connectivity index (χ0) is 55.4. The van der Waals surface area contributed by atoms with Crippen LogP contribution < -0.4 is 0 Å². The monoisotopic (exact) mass is 1040 g/mol. The fraction of sp³-hybridized carbons (Fsp3) is 0.211. The second kappa shape index (κ2) is 17.4. The molecule has 14 rings (SSSR count). The van der Waals surface area contributed by atoms with E-state index in [0.29, 0.717) is 0 Å². The Morgan fingerprint density at radius 1 is 0.200 bits per heavy atom. The SMILES string of the molecule is CC(C)(C)c1ccc2c3ccccc3n(-c3cc(-c4cc(-n5c6ccccc6c6ccc(C(C)(C)C)cc65)cc(-n5c6ccccc6c6ccc(C(C)(C)C)cc65)c4)cc(-n4c5ccccc5c5ccc(C(C)(C)C)cc54)c3)c2c1. The Bertz CT molecular complexity index is 4250. The lowest BCUT2D eigenvalue weighted by Gasteiger charge is -2.22. The van der Waals surface area contributed by atoms with Crippen LogP contribution in [-0.4, -0.2) is 18.3 Å². The van der Waals surface area contributed by atoms with Gasteiger partial charge in [-0.05, 0) is 140 Å². The van der Waals surface area contributed by atoms with Gasteiger partial charge in [0.15, 0.2) is 0 Å². The van der Waals surface area contributed by atoms with Crippen LogP contribution in [-0.2, 0) is 21.7 Å². The minimum atomic E-state index is -0.0477. The number of benzene rings is 10. The molecule has 14 aromatic rings. The Morgan fingerprint density at radius 3 is 0.613 bits per heavy atom. The van der Waals surface area contributed by atoms with E-state index in [1.807, 2.05) is 0 Å². The predicted octanol–water partition coefficient (Wildman–Crippen LogP) is 20.9. The van der Waals surface area contributed by atoms with Crippen molar-refractivity contribution in [3.8, 4) is 33.9 Å². The first-order valence-electron chi connectivity index (χ1n) is 28.7. The quantitative estimate of drug-likeness (QED) is 0.164. The van der Waals surface area contributed by atoms with Gasteiger partial charge in [0.05, 0.1) is 44.1 Å². The second-order valence-corrected chi connectivity index (χ2v) is 26.8. The smallest absolute Gasteiger partial charge is 0.0544 e. The lowest BCUT2D eigenvalue weighted by atomic mass is 9.86. The topological polar surface area (TPSA) is 19.7 Å². The Hall–Kier alpha value is -8.60. The van der Waals surface area contributed by atoms with Gasteiger partial charge in [-0.25, -0.2) is 0 Å². The molecule has 0 aliphatic heterocycles. The number of fused-ring (bicyclic) bond motifs is 12. The highest BCUT2D eigenvalue weighted by Gasteiger charge is 2.25. The summed E-state index contributed by atoms with van der Waals surface area (Å²) in [5.74, 6) is 0. The number of rotatable bonds is 5. The Balaban J connectivity index is 1.15. The molecule has 0 bridgehead atoms. The van der Waals surface area contributed by atoms with Crippen LogP contribution in [0.1, 0.15) is 105 Å². The largest absolute Gasteiger partial charge is 0.309 e. The second-order valence-electron chi connectivity index (χ2n) is 26.8. The van der Waals surface area contributed by atoms with E-state index < -0.39 is 0 Å². The standard InChI is InChI=1S/C76H70N4/c1-73(2,3)49-29-33-61-57-21-13-17-25-65(57)77(69(61)41-49)53-37-47(38-54(45-53)78-66-26-18-14-22-58(66)62-34-30-50(42-70(62)78)74(4,5)6)48-39-55(79-67-27-19-15-23-59(67)63-35-31-51(43-71(63)79)75(7,8)9)46-56(40-48)80-68-28-20-16-24-60(68)64-36-32-52(44-72(64)80)76(10,11)12/h13-46H,1-12H3. The van der Waals surface area contributed by atoms with E-state index in [4.69, 9.17) is 0 Å². The van der Waals surface area contributed by atoms with E-state index in [-0.39, 0.29) is 21.7 Å². The fourth-order valence-electron chi connectivity index (χ4n) is 12.9. The Labute approximate surface area is 470 Å². The van der Waals surface area contributed by atoms with Gasteiger partial charge in [-0.1, -0.05) is 204 Å². The van der Waals surface area contributed by atoms with Crippen LogP contribution in [0.2, 0.25) is 0 Å². The van der Waals surface area contributed by atoms with Crippen LogP contribution in [0, 0.1) is 0 Å². The van der Waals surface area contributed by atoms with Gasteiger partial charge in [0.2, 0.25) is 0 Å². The molecule has 0 spiro atoms. The van der Waals surface area contributed by atoms with Crippen LogP contribution in [0.15, 0.2) is 206 Å². The maximum atomic E-state index is 2.54. The van der Waals surface area contributed by atoms with E-state index >= 15 is 0 Å². The fourth-order valence-corrected chi connectivity index (χ4v) is 12.9. The van der Waals surface area contributed by atoms with E-state index in [1.165, 1.54) is 109 Å². The summed E-state index contributed by atoms with van der Waals surface area (Å²) >= 11 is 0. The van der Waals surface area contributed by atoms with Gasteiger partial charge in [0, 0.05) is 65.8 Å². The normalized spacial score (nSPS) is 13.0. The third kappa shape index (κ3) is 7.85. The summed E-state index contributed by atoms with van der Waals surface area (Å²) in [6.07, 6.45) is 0. The Morgan fingerprint density at radius 2 is 0.400 bits per heavy atom. The molecule has 0 N–H and O–H groups in total. The Kier molecular flexibility index (Phi) is 10.8. The minimum absolute atomic E-state index is 0.0477. The lowest BCUT2D eigenvalue weighted by molar-refractivity contribution is 0.590. The summed E-state index contributed by atoms with van der Waals surface area (Å²) in [7, 11) is 0. The average Bonchev–Trinajstić information content (AvgIpc) is 4.38. The number of hydrogen-bond donors (Lipinski definition) is 0. The van der Waals surface area contributed by atoms with Crippen LogP contribution in [0.3, 0.4) is 0 Å². The lowest BCUT2D eigenvalue weighted by Crippen LogP contribution is -2.11. The van der Waals surface area contributed by atoms with E-state index in [9.17, 15) is 0 Å². The highest BCUT2D eigenvalue weighted by atomic mass is 15.0. The molecule has 0 aliphatic carbocycles. The number of nitrogens with zero attached hydrogens (tertiary/aromatic N) is 4. The van der Waals surface area contributed by atoms with Gasteiger partial charge in [0.1, 0.15) is 0 Å². The molecule has 4 aromatic heterocycles. The van der Waals surface area contributed by atoms with Crippen molar-refractivity contribution in [3.05, 3.63) is 229 Å². The van der Waals surface area contributed by atoms with Crippen molar-refractivity contribution in [2.45, 2.75) is 105 Å². The molecule has 0 fully saturated rings. The van der Waals surface area contributed by atoms with Crippen molar-refractivity contribution in [1.82, 2.24) is 18.3 Å². The predicted molar refractivity (Wildman–Crippen MR) is 344 cm³/mol. The molecule has 0 atom stereocenters. The molecular formula is C76H70N4. The van der Waals surface area contributed by atoms with Crippen LogP contribution >= 0.6 is 0 Å². The molecule has 10 aromatic carbocycles. The van der Waals surface area contributed by atoms with Crippen molar-refractivity contribution >= 4 is 87.2 Å². The third-order valence-electron chi connectivity index (χ3n) is 17.3. The molecule has 4 nitrogen and oxygen atoms in total. The van der Waals surface area contributed by atoms with E-state index in [0.717, 1.165) is 33.9 Å². The number of hydrogen-bond acceptors (Lipinski definition) is 0. The summed E-state index contributed by atoms with van der Waals surface area (Å²) in [6.45, 7) is 27.8. The minimum Gasteiger partial charge on any atom is -0.309 e. The summed E-state index contributed by atoms with van der Waals surface area (Å²) in [6, 6.07) is 79.1. The summed E-state index contributed by atoms with van der Waals surface area (Å²) in [5.41, 5.74) is 21.3. The number of aromatic nitrogens is 4. The first-order chi connectivity index (χ1) is 38.2. The molecular weight excluding hydrogens is 969 g/mol. The van der Waals surface area contributed by atoms with Crippen molar-refractivity contribution < 1.29 is 0 Å². The molecule has 0 saturated carbocycles. The highest BCUT2D eigenvalue weighted by molar-refractivity contribution is 6.13. The van der Waals surface area contributed by atoms with Crippen LogP contribution in [0.25, 0.3) is 121 Å². The average molecular weight is 1040 g/mol. The molecule has 0 radical (unpaired) electrons. The van der Waals surface area contributed by atoms with Crippen molar-refractivity contribution in [3.63, 3.8) is 0 Å². The first kappa shape index (κ1) is 49.7. The zero-order valence-electron chi connectivity index (χ0n) is 48.4. The maximum Gasteiger partial charge on any atom is 0.0544 e. The molecule has 0 saturated heterocycles. The van der Waals surface area contributed by atoms with Gasteiger partial charge >= 0.3 is 0 Å². The van der Waals surface area contributed by atoms with Crippen molar-refractivity contribution in [2.24, 2.45) is 0 Å². The molecule has 0 unspecified atom stereocenters. The molecule has 4 heterocycles. The van der Waals surface area contributed by atoms with Gasteiger partial charge < -0.3 is 18.3 Å². The molecule has 80 heavy (non-hydrogen) atoms. The molecule has 0 aliphatic rings. The first-order valence-corrected chi connectivity index (χ1v) is 28.7. The van der Waals surface area contributed by atoms with Crippen molar-refractivity contribution in [1.29, 1.82) is 0 Å². The summed E-state index contributed by atoms with van der Waals surface area (Å²) in [5, 5.41) is 9.97. The van der Waals surface area contributed by atoms with Gasteiger partial charge in [-0.2, -0.15) is 0 Å². The van der Waals surface area contributed by atoms with Gasteiger partial charge in [-0.3, -0.25) is 0 Å². The molecule has 0 amide bonds. The van der Waals surface area contributed by atoms with E-state index in [1.54, 1.807) is 0 Å².